The Morgan fingerprint density at radius 1 is 0.905 bits per heavy atom. The summed E-state index contributed by atoms with van der Waals surface area (Å²) in [6.45, 7) is 1.56. The Hall–Kier alpha value is -2.07. The highest BCUT2D eigenvalue weighted by Crippen LogP contribution is 2.22. The summed E-state index contributed by atoms with van der Waals surface area (Å²) in [5.41, 5.74) is 2.22. The van der Waals surface area contributed by atoms with E-state index in [1.807, 2.05) is 30.3 Å². The lowest BCUT2D eigenvalue weighted by molar-refractivity contribution is 0.393. The second-order valence-corrected chi connectivity index (χ2v) is 4.77. The van der Waals surface area contributed by atoms with Gasteiger partial charge in [0.1, 0.15) is 17.3 Å². The van der Waals surface area contributed by atoms with E-state index < -0.39 is 0 Å². The maximum atomic E-state index is 12.8. The molecule has 0 unspecified atom stereocenters. The molecule has 0 aliphatic heterocycles. The van der Waals surface area contributed by atoms with Gasteiger partial charge in [-0.2, -0.15) is 0 Å². The van der Waals surface area contributed by atoms with E-state index in [4.69, 9.17) is 9.47 Å². The van der Waals surface area contributed by atoms with Crippen LogP contribution < -0.4 is 14.8 Å². The summed E-state index contributed by atoms with van der Waals surface area (Å²) < 4.78 is 23.3. The van der Waals surface area contributed by atoms with Crippen molar-refractivity contribution in [1.29, 1.82) is 0 Å². The van der Waals surface area contributed by atoms with Gasteiger partial charge in [-0.3, -0.25) is 0 Å². The Morgan fingerprint density at radius 3 is 2.10 bits per heavy atom. The van der Waals surface area contributed by atoms with E-state index in [1.165, 1.54) is 12.1 Å². The van der Waals surface area contributed by atoms with Crippen molar-refractivity contribution < 1.29 is 13.9 Å². The maximum absolute atomic E-state index is 12.8. The molecule has 0 saturated heterocycles. The fourth-order valence-electron chi connectivity index (χ4n) is 2.08. The zero-order valence-corrected chi connectivity index (χ0v) is 12.4. The Labute approximate surface area is 124 Å². The molecular formula is C17H20FNO2. The highest BCUT2D eigenvalue weighted by Gasteiger charge is 2.02. The first-order chi connectivity index (χ1) is 10.2. The van der Waals surface area contributed by atoms with Gasteiger partial charge in [0.25, 0.3) is 0 Å². The Balaban J connectivity index is 1.84. The van der Waals surface area contributed by atoms with Crippen LogP contribution in [0.15, 0.2) is 42.5 Å². The molecule has 0 atom stereocenters. The molecule has 2 rings (SSSR count). The van der Waals surface area contributed by atoms with Crippen LogP contribution in [0.25, 0.3) is 0 Å². The van der Waals surface area contributed by atoms with Gasteiger partial charge in [0.15, 0.2) is 0 Å². The zero-order valence-electron chi connectivity index (χ0n) is 12.4. The second-order valence-electron chi connectivity index (χ2n) is 4.77. The Kier molecular flexibility index (Phi) is 5.58. The lowest BCUT2D eigenvalue weighted by atomic mass is 10.1. The molecule has 2 aromatic carbocycles. The lowest BCUT2D eigenvalue weighted by Gasteiger charge is -2.09. The van der Waals surface area contributed by atoms with Crippen LogP contribution in [0.5, 0.6) is 11.5 Å². The predicted octanol–water partition coefficient (Wildman–Crippen LogP) is 3.18. The number of rotatable bonds is 7. The molecule has 1 N–H and O–H groups in total. The summed E-state index contributed by atoms with van der Waals surface area (Å²) in [6.07, 6.45) is 0.862. The van der Waals surface area contributed by atoms with Gasteiger partial charge in [0.2, 0.25) is 0 Å². The van der Waals surface area contributed by atoms with E-state index in [0.29, 0.717) is 0 Å². The van der Waals surface area contributed by atoms with Crippen molar-refractivity contribution in [3.05, 3.63) is 59.4 Å². The molecule has 21 heavy (non-hydrogen) atoms. The van der Waals surface area contributed by atoms with Crippen molar-refractivity contribution in [1.82, 2.24) is 5.32 Å². The van der Waals surface area contributed by atoms with Crippen molar-refractivity contribution >= 4 is 0 Å². The van der Waals surface area contributed by atoms with Crippen molar-refractivity contribution in [2.24, 2.45) is 0 Å². The molecule has 112 valence electrons. The van der Waals surface area contributed by atoms with Crippen LogP contribution in [0.1, 0.15) is 11.1 Å². The zero-order chi connectivity index (χ0) is 15.1. The number of hydrogen-bond donors (Lipinski definition) is 1. The first-order valence-corrected chi connectivity index (χ1v) is 6.88. The van der Waals surface area contributed by atoms with Crippen LogP contribution >= 0.6 is 0 Å². The van der Waals surface area contributed by atoms with E-state index in [9.17, 15) is 4.39 Å². The van der Waals surface area contributed by atoms with E-state index in [1.54, 1.807) is 14.2 Å². The van der Waals surface area contributed by atoms with Crippen molar-refractivity contribution in [2.75, 3.05) is 20.8 Å². The number of methoxy groups -OCH3 is 2. The number of halogens is 1. The summed E-state index contributed by atoms with van der Waals surface area (Å²) in [5, 5.41) is 3.36. The Morgan fingerprint density at radius 2 is 1.52 bits per heavy atom. The van der Waals surface area contributed by atoms with Crippen LogP contribution in [-0.4, -0.2) is 20.8 Å². The minimum atomic E-state index is -0.199. The fraction of sp³-hybridized carbons (Fsp3) is 0.294. The van der Waals surface area contributed by atoms with Crippen molar-refractivity contribution in [2.45, 2.75) is 13.0 Å². The minimum absolute atomic E-state index is 0.199. The monoisotopic (exact) mass is 289 g/mol. The van der Waals surface area contributed by atoms with Crippen LogP contribution in [0, 0.1) is 5.82 Å². The lowest BCUT2D eigenvalue weighted by Crippen LogP contribution is -2.16. The van der Waals surface area contributed by atoms with Gasteiger partial charge in [0.05, 0.1) is 14.2 Å². The third kappa shape index (κ3) is 4.76. The summed E-state index contributed by atoms with van der Waals surface area (Å²) in [5.74, 6) is 1.37. The van der Waals surface area contributed by atoms with Crippen LogP contribution in [0.3, 0.4) is 0 Å². The molecule has 0 amide bonds. The molecule has 0 fully saturated rings. The normalized spacial score (nSPS) is 10.4. The molecule has 0 heterocycles. The molecule has 3 nitrogen and oxygen atoms in total. The molecule has 0 saturated carbocycles. The average Bonchev–Trinajstić information content (AvgIpc) is 2.53. The number of hydrogen-bond acceptors (Lipinski definition) is 3. The smallest absolute Gasteiger partial charge is 0.123 e. The quantitative estimate of drug-likeness (QED) is 0.794. The van der Waals surface area contributed by atoms with Gasteiger partial charge in [-0.25, -0.2) is 4.39 Å². The topological polar surface area (TPSA) is 30.5 Å². The fourth-order valence-corrected chi connectivity index (χ4v) is 2.08. The highest BCUT2D eigenvalue weighted by molar-refractivity contribution is 5.38. The minimum Gasteiger partial charge on any atom is -0.497 e. The predicted molar refractivity (Wildman–Crippen MR) is 81.4 cm³/mol. The SMILES string of the molecule is COc1cc(CNCCc2ccc(F)cc2)cc(OC)c1. The summed E-state index contributed by atoms with van der Waals surface area (Å²) >= 11 is 0. The number of ether oxygens (including phenoxy) is 2. The van der Waals surface area contributed by atoms with Crippen molar-refractivity contribution in [3.63, 3.8) is 0 Å². The van der Waals surface area contributed by atoms with Crippen LogP contribution in [0.4, 0.5) is 4.39 Å². The third-order valence-electron chi connectivity index (χ3n) is 3.24. The first kappa shape index (κ1) is 15.3. The van der Waals surface area contributed by atoms with E-state index in [2.05, 4.69) is 5.32 Å². The second kappa shape index (κ2) is 7.64. The van der Waals surface area contributed by atoms with Gasteiger partial charge in [0, 0.05) is 12.6 Å². The van der Waals surface area contributed by atoms with Gasteiger partial charge in [-0.15, -0.1) is 0 Å². The molecular weight excluding hydrogens is 269 g/mol. The van der Waals surface area contributed by atoms with Crippen molar-refractivity contribution in [3.8, 4) is 11.5 Å². The standard InChI is InChI=1S/C17H20FNO2/c1-20-16-9-14(10-17(11-16)21-2)12-19-8-7-13-3-5-15(18)6-4-13/h3-6,9-11,19H,7-8,12H2,1-2H3. The maximum Gasteiger partial charge on any atom is 0.123 e. The molecule has 0 radical (unpaired) electrons. The van der Waals surface area contributed by atoms with E-state index in [0.717, 1.165) is 42.1 Å². The Bertz CT molecular complexity index is 547. The van der Waals surface area contributed by atoms with Gasteiger partial charge < -0.3 is 14.8 Å². The molecule has 4 heteroatoms. The number of benzene rings is 2. The molecule has 0 bridgehead atoms. The highest BCUT2D eigenvalue weighted by atomic mass is 19.1. The van der Waals surface area contributed by atoms with Gasteiger partial charge in [-0.1, -0.05) is 12.1 Å². The number of nitrogens with one attached hydrogen (secondary N) is 1. The van der Waals surface area contributed by atoms with Crippen LogP contribution in [-0.2, 0) is 13.0 Å². The molecule has 0 spiro atoms. The molecule has 0 aromatic heterocycles. The molecule has 0 aliphatic rings. The molecule has 2 aromatic rings. The van der Waals surface area contributed by atoms with E-state index in [-0.39, 0.29) is 5.82 Å². The summed E-state index contributed by atoms with van der Waals surface area (Å²) in [7, 11) is 3.28. The third-order valence-corrected chi connectivity index (χ3v) is 3.24. The average molecular weight is 289 g/mol. The molecule has 0 aliphatic carbocycles. The summed E-state index contributed by atoms with van der Waals surface area (Å²) in [4.78, 5) is 0. The van der Waals surface area contributed by atoms with Crippen LogP contribution in [0.2, 0.25) is 0 Å². The largest absolute Gasteiger partial charge is 0.497 e. The summed E-state index contributed by atoms with van der Waals surface area (Å²) in [6, 6.07) is 12.4. The van der Waals surface area contributed by atoms with E-state index >= 15 is 0 Å². The van der Waals surface area contributed by atoms with Gasteiger partial charge in [-0.05, 0) is 48.4 Å². The van der Waals surface area contributed by atoms with Gasteiger partial charge >= 0.3 is 0 Å². The first-order valence-electron chi connectivity index (χ1n) is 6.88.